The van der Waals surface area contributed by atoms with Gasteiger partial charge in [0.1, 0.15) is 11.5 Å². The molecule has 5 N–H and O–H groups in total. The van der Waals surface area contributed by atoms with E-state index in [1.165, 1.54) is 0 Å². The van der Waals surface area contributed by atoms with Crippen molar-refractivity contribution in [2.45, 2.75) is 106 Å². The number of nitrogens with zero attached hydrogens (tertiary/aromatic N) is 1. The zero-order chi connectivity index (χ0) is 41.4. The number of carbonyl (C=O) groups is 6. The molecule has 4 aromatic rings. The maximum atomic E-state index is 14.5. The second kappa shape index (κ2) is 16.1. The van der Waals surface area contributed by atoms with Crippen molar-refractivity contribution >= 4 is 46.8 Å². The fourth-order valence-electron chi connectivity index (χ4n) is 10.8. The number of nitrogens with one attached hydrogen (secondary N) is 5. The molecule has 60 heavy (non-hydrogen) atoms. The van der Waals surface area contributed by atoms with E-state index in [1.807, 2.05) is 66.7 Å². The smallest absolute Gasteiger partial charge is 0.255 e. The summed E-state index contributed by atoms with van der Waals surface area (Å²) in [5.74, 6) is -1.84. The summed E-state index contributed by atoms with van der Waals surface area (Å²) < 4.78 is 0. The predicted molar refractivity (Wildman–Crippen MR) is 226 cm³/mol. The molecule has 3 fully saturated rings. The maximum Gasteiger partial charge on any atom is 0.255 e. The maximum absolute atomic E-state index is 14.5. The van der Waals surface area contributed by atoms with Gasteiger partial charge >= 0.3 is 0 Å². The fraction of sp³-hybridized carbons (Fsp3) is 0.375. The summed E-state index contributed by atoms with van der Waals surface area (Å²) >= 11 is 0. The van der Waals surface area contributed by atoms with Gasteiger partial charge in [-0.1, -0.05) is 86.3 Å². The summed E-state index contributed by atoms with van der Waals surface area (Å²) in [6.45, 7) is 0.858. The number of anilines is 2. The van der Waals surface area contributed by atoms with E-state index in [0.717, 1.165) is 85.7 Å². The lowest BCUT2D eigenvalue weighted by Crippen LogP contribution is -2.60. The molecule has 6 amide bonds. The number of carbonyl (C=O) groups excluding carboxylic acids is 6. The van der Waals surface area contributed by atoms with Gasteiger partial charge in [0.25, 0.3) is 11.8 Å². The van der Waals surface area contributed by atoms with Crippen molar-refractivity contribution in [3.05, 3.63) is 130 Å². The number of imide groups is 1. The van der Waals surface area contributed by atoms with E-state index < -0.39 is 34.9 Å². The number of unbranched alkanes of at least 4 members (excludes halogenated alkanes) is 2. The highest BCUT2D eigenvalue weighted by molar-refractivity contribution is 6.11. The van der Waals surface area contributed by atoms with E-state index >= 15 is 0 Å². The van der Waals surface area contributed by atoms with Crippen molar-refractivity contribution < 1.29 is 28.8 Å². The van der Waals surface area contributed by atoms with Crippen LogP contribution < -0.4 is 26.6 Å². The first-order valence-electron chi connectivity index (χ1n) is 21.4. The van der Waals surface area contributed by atoms with Crippen LogP contribution in [0.15, 0.2) is 97.1 Å². The molecule has 12 nitrogen and oxygen atoms in total. The molecule has 2 spiro atoms. The third-order valence-electron chi connectivity index (χ3n) is 13.6. The van der Waals surface area contributed by atoms with E-state index in [2.05, 4.69) is 26.6 Å². The molecule has 0 aromatic heterocycles. The van der Waals surface area contributed by atoms with E-state index in [-0.39, 0.29) is 36.0 Å². The summed E-state index contributed by atoms with van der Waals surface area (Å²) in [5, 5.41) is 15.5. The average Bonchev–Trinajstić information content (AvgIpc) is 3.87. The highest BCUT2D eigenvalue weighted by Gasteiger charge is 2.71. The Bertz CT molecular complexity index is 2360. The van der Waals surface area contributed by atoms with Gasteiger partial charge in [-0.05, 0) is 97.2 Å². The van der Waals surface area contributed by atoms with Crippen LogP contribution in [0.3, 0.4) is 0 Å². The third-order valence-corrected chi connectivity index (χ3v) is 13.6. The molecule has 1 aliphatic carbocycles. The number of hydrogen-bond acceptors (Lipinski definition) is 7. The Morgan fingerprint density at radius 1 is 0.783 bits per heavy atom. The second-order valence-corrected chi connectivity index (χ2v) is 16.9. The topological polar surface area (TPSA) is 166 Å². The second-order valence-electron chi connectivity index (χ2n) is 16.9. The van der Waals surface area contributed by atoms with Crippen LogP contribution in [0.2, 0.25) is 0 Å². The summed E-state index contributed by atoms with van der Waals surface area (Å²) in [4.78, 5) is 80.9. The third kappa shape index (κ3) is 6.76. The van der Waals surface area contributed by atoms with Crippen LogP contribution in [-0.4, -0.2) is 64.5 Å². The molecule has 0 bridgehead atoms. The van der Waals surface area contributed by atoms with Crippen LogP contribution in [-0.2, 0) is 37.6 Å². The molecule has 0 radical (unpaired) electrons. The van der Waals surface area contributed by atoms with Crippen LogP contribution in [0.25, 0.3) is 0 Å². The number of rotatable bonds is 11. The molecule has 308 valence electrons. The monoisotopic (exact) mass is 806 g/mol. The lowest BCUT2D eigenvalue weighted by atomic mass is 9.55. The largest absolute Gasteiger partial charge is 0.352 e. The van der Waals surface area contributed by atoms with Gasteiger partial charge in [0.2, 0.25) is 23.6 Å². The molecule has 9 rings (SSSR count). The van der Waals surface area contributed by atoms with Gasteiger partial charge in [0.05, 0.1) is 6.04 Å². The van der Waals surface area contributed by atoms with Gasteiger partial charge in [-0.3, -0.25) is 39.4 Å². The molecule has 12 heteroatoms. The first-order valence-corrected chi connectivity index (χ1v) is 21.4. The highest BCUT2D eigenvalue weighted by Crippen LogP contribution is 2.62. The standard InChI is InChI=1S/C48H50N6O6/c55-39-25-24-38(43(57)52-39)54-29-35-30(16-12-17-34(35)45(54)59)13-6-2-11-28-49-42(56)32-20-22-33(23-21-32)50-44(58)41-40(31-14-4-1-5-15-31)48(47(53-41)26-9-3-10-27-47)36-18-7-8-19-37(36)51-46(48)60/h1,4-5,7-8,12,14-23,38,40-41,53H,2-3,6,9-11,13,24-29H2,(H,49,56)(H,50,58)(H,51,60)(H,52,55,57)/t38?,40-,41+,48+/m0/s1. The van der Waals surface area contributed by atoms with Crippen molar-refractivity contribution in [2.75, 3.05) is 17.2 Å². The average molecular weight is 807 g/mol. The number of fused-ring (bicyclic) bond motifs is 4. The first-order chi connectivity index (χ1) is 29.2. The fourth-order valence-corrected chi connectivity index (χ4v) is 10.8. The SMILES string of the molecule is O=C1CCC(N2Cc3c(CCCCCNC(=O)c4ccc(NC(=O)[C@@H]5NC6(CCCCC6)[C@@]6(C(=O)Nc7ccccc76)[C@H]5c5ccccc5)cc4)cccc3C2=O)C(=O)N1. The Morgan fingerprint density at radius 2 is 1.55 bits per heavy atom. The summed E-state index contributed by atoms with van der Waals surface area (Å²) in [6, 6.07) is 29.1. The summed E-state index contributed by atoms with van der Waals surface area (Å²) in [7, 11) is 0. The minimum atomic E-state index is -0.974. The van der Waals surface area contributed by atoms with Crippen LogP contribution in [0.4, 0.5) is 11.4 Å². The summed E-state index contributed by atoms with van der Waals surface area (Å²) in [6.07, 6.45) is 8.44. The van der Waals surface area contributed by atoms with Gasteiger partial charge in [0, 0.05) is 53.5 Å². The zero-order valence-electron chi connectivity index (χ0n) is 33.6. The zero-order valence-corrected chi connectivity index (χ0v) is 33.6. The van der Waals surface area contributed by atoms with Crippen LogP contribution in [0.5, 0.6) is 0 Å². The lowest BCUT2D eigenvalue weighted by molar-refractivity contribution is -0.137. The molecule has 4 atom stereocenters. The van der Waals surface area contributed by atoms with Gasteiger partial charge < -0.3 is 20.9 Å². The van der Waals surface area contributed by atoms with Crippen molar-refractivity contribution in [1.29, 1.82) is 0 Å². The lowest BCUT2D eigenvalue weighted by Gasteiger charge is -2.47. The molecule has 2 saturated heterocycles. The van der Waals surface area contributed by atoms with Gasteiger partial charge in [0.15, 0.2) is 0 Å². The Kier molecular flexibility index (Phi) is 10.6. The van der Waals surface area contributed by atoms with Gasteiger partial charge in [-0.15, -0.1) is 0 Å². The normalized spacial score (nSPS) is 23.9. The number of benzene rings is 4. The predicted octanol–water partition coefficient (Wildman–Crippen LogP) is 5.88. The van der Waals surface area contributed by atoms with Gasteiger partial charge in [-0.2, -0.15) is 0 Å². The van der Waals surface area contributed by atoms with Crippen LogP contribution in [0, 0.1) is 0 Å². The van der Waals surface area contributed by atoms with Crippen LogP contribution >= 0.6 is 0 Å². The molecule has 5 aliphatic rings. The number of hydrogen-bond donors (Lipinski definition) is 5. The molecule has 1 unspecified atom stereocenters. The molecule has 1 saturated carbocycles. The van der Waals surface area contributed by atoms with Crippen molar-refractivity contribution in [3.63, 3.8) is 0 Å². The number of aryl methyl sites for hydroxylation is 1. The number of piperidine rings is 1. The van der Waals surface area contributed by atoms with E-state index in [1.54, 1.807) is 35.2 Å². The Morgan fingerprint density at radius 3 is 2.33 bits per heavy atom. The first kappa shape index (κ1) is 39.3. The molecule has 4 aliphatic heterocycles. The van der Waals surface area contributed by atoms with E-state index in [0.29, 0.717) is 36.3 Å². The Hall–Kier alpha value is -6.14. The number of amides is 6. The molecular formula is C48H50N6O6. The van der Waals surface area contributed by atoms with Gasteiger partial charge in [-0.25, -0.2) is 0 Å². The molecule has 4 heterocycles. The summed E-state index contributed by atoms with van der Waals surface area (Å²) in [5.41, 5.74) is 4.80. The van der Waals surface area contributed by atoms with Crippen molar-refractivity contribution in [3.8, 4) is 0 Å². The quantitative estimate of drug-likeness (QED) is 0.0934. The highest BCUT2D eigenvalue weighted by atomic mass is 16.2. The number of para-hydroxylation sites is 1. The minimum absolute atomic E-state index is 0.0604. The van der Waals surface area contributed by atoms with Crippen molar-refractivity contribution in [2.24, 2.45) is 0 Å². The van der Waals surface area contributed by atoms with E-state index in [4.69, 9.17) is 0 Å². The van der Waals surface area contributed by atoms with Crippen LogP contribution in [0.1, 0.15) is 113 Å². The Balaban J connectivity index is 0.810. The minimum Gasteiger partial charge on any atom is -0.352 e. The molecule has 4 aromatic carbocycles. The van der Waals surface area contributed by atoms with E-state index in [9.17, 15) is 28.8 Å². The molecular weight excluding hydrogens is 757 g/mol. The Labute approximate surface area is 349 Å². The van der Waals surface area contributed by atoms with Crippen molar-refractivity contribution in [1.82, 2.24) is 20.9 Å².